The Bertz CT molecular complexity index is 380. The molecule has 13 heavy (non-hydrogen) atoms. The SMILES string of the molecule is O=C(O)c1ccc2c(c1)OC=CC2. The van der Waals surface area contributed by atoms with Gasteiger partial charge in [-0.25, -0.2) is 4.79 Å². The number of ether oxygens (including phenoxy) is 1. The molecule has 1 N–H and O–H groups in total. The van der Waals surface area contributed by atoms with E-state index >= 15 is 0 Å². The van der Waals surface area contributed by atoms with Crippen LogP contribution < -0.4 is 4.74 Å². The van der Waals surface area contributed by atoms with Crippen molar-refractivity contribution in [2.24, 2.45) is 0 Å². The van der Waals surface area contributed by atoms with Crippen molar-refractivity contribution in [1.82, 2.24) is 0 Å². The first-order valence-electron chi connectivity index (χ1n) is 3.95. The minimum absolute atomic E-state index is 0.258. The van der Waals surface area contributed by atoms with E-state index in [0.717, 1.165) is 12.0 Å². The largest absolute Gasteiger partial charge is 0.478 e. The van der Waals surface area contributed by atoms with E-state index in [4.69, 9.17) is 9.84 Å². The number of carboxylic acid groups (broad SMARTS) is 1. The lowest BCUT2D eigenvalue weighted by Gasteiger charge is -2.11. The van der Waals surface area contributed by atoms with Crippen LogP contribution in [0.15, 0.2) is 30.5 Å². The fourth-order valence-corrected chi connectivity index (χ4v) is 1.26. The smallest absolute Gasteiger partial charge is 0.335 e. The molecule has 1 aliphatic rings. The third-order valence-corrected chi connectivity index (χ3v) is 1.94. The molecule has 0 saturated carbocycles. The lowest BCUT2D eigenvalue weighted by molar-refractivity contribution is 0.0696. The van der Waals surface area contributed by atoms with Gasteiger partial charge in [-0.05, 0) is 30.2 Å². The van der Waals surface area contributed by atoms with E-state index in [1.54, 1.807) is 24.5 Å². The zero-order valence-electron chi connectivity index (χ0n) is 6.86. The average Bonchev–Trinajstić information content (AvgIpc) is 2.17. The van der Waals surface area contributed by atoms with Crippen LogP contribution in [0.4, 0.5) is 0 Å². The molecule has 3 heteroatoms. The monoisotopic (exact) mass is 176 g/mol. The second kappa shape index (κ2) is 2.94. The van der Waals surface area contributed by atoms with E-state index in [1.165, 1.54) is 0 Å². The first kappa shape index (κ1) is 7.86. The van der Waals surface area contributed by atoms with Gasteiger partial charge in [-0.3, -0.25) is 0 Å². The number of rotatable bonds is 1. The molecule has 1 aromatic rings. The van der Waals surface area contributed by atoms with E-state index in [2.05, 4.69) is 0 Å². The molecule has 0 saturated heterocycles. The van der Waals surface area contributed by atoms with Gasteiger partial charge in [0.05, 0.1) is 11.8 Å². The first-order valence-corrected chi connectivity index (χ1v) is 3.95. The molecule has 0 amide bonds. The summed E-state index contributed by atoms with van der Waals surface area (Å²) in [5, 5.41) is 8.71. The Kier molecular flexibility index (Phi) is 1.77. The highest BCUT2D eigenvalue weighted by atomic mass is 16.5. The summed E-state index contributed by atoms with van der Waals surface area (Å²) < 4.78 is 5.17. The van der Waals surface area contributed by atoms with Crippen molar-refractivity contribution in [3.05, 3.63) is 41.7 Å². The lowest BCUT2D eigenvalue weighted by Crippen LogP contribution is -2.01. The molecule has 1 aromatic carbocycles. The average molecular weight is 176 g/mol. The number of aromatic carboxylic acids is 1. The van der Waals surface area contributed by atoms with Gasteiger partial charge in [-0.15, -0.1) is 0 Å². The van der Waals surface area contributed by atoms with Crippen molar-refractivity contribution in [1.29, 1.82) is 0 Å². The minimum atomic E-state index is -0.930. The summed E-state index contributed by atoms with van der Waals surface area (Å²) in [6, 6.07) is 4.91. The molecule has 66 valence electrons. The Morgan fingerprint density at radius 3 is 3.08 bits per heavy atom. The molecular weight excluding hydrogens is 168 g/mol. The summed E-state index contributed by atoms with van der Waals surface area (Å²) in [6.07, 6.45) is 4.27. The molecule has 0 spiro atoms. The Balaban J connectivity index is 2.44. The third-order valence-electron chi connectivity index (χ3n) is 1.94. The Morgan fingerprint density at radius 1 is 1.46 bits per heavy atom. The molecule has 0 atom stereocenters. The van der Waals surface area contributed by atoms with E-state index in [1.807, 2.05) is 6.08 Å². The molecule has 0 unspecified atom stereocenters. The van der Waals surface area contributed by atoms with Gasteiger partial charge < -0.3 is 9.84 Å². The van der Waals surface area contributed by atoms with Gasteiger partial charge in [0.25, 0.3) is 0 Å². The fourth-order valence-electron chi connectivity index (χ4n) is 1.26. The molecule has 3 nitrogen and oxygen atoms in total. The summed E-state index contributed by atoms with van der Waals surface area (Å²) in [6.45, 7) is 0. The standard InChI is InChI=1S/C10H8O3/c11-10(12)8-4-3-7-2-1-5-13-9(7)6-8/h1,3-6H,2H2,(H,11,12). The topological polar surface area (TPSA) is 46.5 Å². The van der Waals surface area contributed by atoms with Gasteiger partial charge in [-0.1, -0.05) is 6.07 Å². The highest BCUT2D eigenvalue weighted by Crippen LogP contribution is 2.24. The van der Waals surface area contributed by atoms with Crippen molar-refractivity contribution in [3.63, 3.8) is 0 Å². The zero-order valence-corrected chi connectivity index (χ0v) is 6.86. The van der Waals surface area contributed by atoms with Crippen molar-refractivity contribution in [2.45, 2.75) is 6.42 Å². The molecule has 0 aromatic heterocycles. The molecule has 0 bridgehead atoms. The molecule has 0 fully saturated rings. The number of fused-ring (bicyclic) bond motifs is 1. The number of carbonyl (C=O) groups is 1. The number of hydrogen-bond acceptors (Lipinski definition) is 2. The van der Waals surface area contributed by atoms with Crippen molar-refractivity contribution < 1.29 is 14.6 Å². The Hall–Kier alpha value is -1.77. The number of benzene rings is 1. The normalized spacial score (nSPS) is 13.2. The molecule has 2 rings (SSSR count). The third kappa shape index (κ3) is 1.40. The van der Waals surface area contributed by atoms with Gasteiger partial charge in [0.15, 0.2) is 0 Å². The van der Waals surface area contributed by atoms with Crippen molar-refractivity contribution in [3.8, 4) is 5.75 Å². The predicted octanol–water partition coefficient (Wildman–Crippen LogP) is 1.83. The van der Waals surface area contributed by atoms with Gasteiger partial charge in [0.2, 0.25) is 0 Å². The van der Waals surface area contributed by atoms with Gasteiger partial charge >= 0.3 is 5.97 Å². The molecule has 1 heterocycles. The summed E-state index contributed by atoms with van der Waals surface area (Å²) in [5.41, 5.74) is 1.28. The van der Waals surface area contributed by atoms with E-state index in [-0.39, 0.29) is 5.56 Å². The minimum Gasteiger partial charge on any atom is -0.478 e. The summed E-state index contributed by atoms with van der Waals surface area (Å²) >= 11 is 0. The van der Waals surface area contributed by atoms with E-state index in [0.29, 0.717) is 5.75 Å². The van der Waals surface area contributed by atoms with Gasteiger partial charge in [0, 0.05) is 0 Å². The van der Waals surface area contributed by atoms with Gasteiger partial charge in [0.1, 0.15) is 5.75 Å². The zero-order chi connectivity index (χ0) is 9.26. The summed E-state index contributed by atoms with van der Waals surface area (Å²) in [5.74, 6) is -0.289. The molecular formula is C10H8O3. The fraction of sp³-hybridized carbons (Fsp3) is 0.100. The molecule has 0 aliphatic carbocycles. The Morgan fingerprint density at radius 2 is 2.31 bits per heavy atom. The van der Waals surface area contributed by atoms with Crippen LogP contribution in [-0.4, -0.2) is 11.1 Å². The van der Waals surface area contributed by atoms with Crippen LogP contribution in [0.25, 0.3) is 0 Å². The first-order chi connectivity index (χ1) is 6.27. The number of allylic oxidation sites excluding steroid dienone is 1. The van der Waals surface area contributed by atoms with Gasteiger partial charge in [-0.2, -0.15) is 0 Å². The summed E-state index contributed by atoms with van der Waals surface area (Å²) in [7, 11) is 0. The maximum absolute atomic E-state index is 10.6. The second-order valence-electron chi connectivity index (χ2n) is 2.82. The Labute approximate surface area is 75.3 Å². The van der Waals surface area contributed by atoms with E-state index < -0.39 is 5.97 Å². The summed E-state index contributed by atoms with van der Waals surface area (Å²) in [4.78, 5) is 10.6. The van der Waals surface area contributed by atoms with Crippen LogP contribution in [0.3, 0.4) is 0 Å². The lowest BCUT2D eigenvalue weighted by atomic mass is 10.1. The van der Waals surface area contributed by atoms with Crippen LogP contribution in [0.1, 0.15) is 15.9 Å². The van der Waals surface area contributed by atoms with Crippen LogP contribution in [-0.2, 0) is 6.42 Å². The van der Waals surface area contributed by atoms with Crippen LogP contribution >= 0.6 is 0 Å². The highest BCUT2D eigenvalue weighted by Gasteiger charge is 2.10. The molecule has 1 aliphatic heterocycles. The quantitative estimate of drug-likeness (QED) is 0.710. The van der Waals surface area contributed by atoms with Crippen molar-refractivity contribution in [2.75, 3.05) is 0 Å². The molecule has 0 radical (unpaired) electrons. The van der Waals surface area contributed by atoms with Crippen molar-refractivity contribution >= 4 is 5.97 Å². The maximum Gasteiger partial charge on any atom is 0.335 e. The predicted molar refractivity (Wildman–Crippen MR) is 46.9 cm³/mol. The number of carboxylic acids is 1. The van der Waals surface area contributed by atoms with Crippen LogP contribution in [0.5, 0.6) is 5.75 Å². The van der Waals surface area contributed by atoms with E-state index in [9.17, 15) is 4.79 Å². The van der Waals surface area contributed by atoms with Crippen LogP contribution in [0.2, 0.25) is 0 Å². The number of hydrogen-bond donors (Lipinski definition) is 1. The van der Waals surface area contributed by atoms with Crippen LogP contribution in [0, 0.1) is 0 Å². The second-order valence-corrected chi connectivity index (χ2v) is 2.82. The highest BCUT2D eigenvalue weighted by molar-refractivity contribution is 5.88. The maximum atomic E-state index is 10.6.